The molecule has 0 bridgehead atoms. The van der Waals surface area contributed by atoms with Crippen LogP contribution in [0, 0.1) is 0 Å². The topological polar surface area (TPSA) is 64.1 Å². The van der Waals surface area contributed by atoms with Crippen molar-refractivity contribution in [1.29, 1.82) is 0 Å². The zero-order chi connectivity index (χ0) is 11.2. The van der Waals surface area contributed by atoms with Gasteiger partial charge in [0.15, 0.2) is 0 Å². The van der Waals surface area contributed by atoms with Gasteiger partial charge in [0, 0.05) is 24.8 Å². The molecule has 1 unspecified atom stereocenters. The van der Waals surface area contributed by atoms with Crippen molar-refractivity contribution in [3.8, 4) is 0 Å². The van der Waals surface area contributed by atoms with Gasteiger partial charge < -0.3 is 10.8 Å². The SMILES string of the molecule is CC(C)c1c2c(nn1C)CCC2(O)CN. The molecule has 0 amide bonds. The Hall–Kier alpha value is -0.870. The molecule has 15 heavy (non-hydrogen) atoms. The molecule has 3 N–H and O–H groups in total. The molecule has 0 spiro atoms. The summed E-state index contributed by atoms with van der Waals surface area (Å²) >= 11 is 0. The van der Waals surface area contributed by atoms with Crippen LogP contribution < -0.4 is 5.73 Å². The average Bonchev–Trinajstić information content (AvgIpc) is 2.65. The normalized spacial score (nSPS) is 24.9. The molecular weight excluding hydrogens is 190 g/mol. The Morgan fingerprint density at radius 2 is 2.27 bits per heavy atom. The van der Waals surface area contributed by atoms with Crippen molar-refractivity contribution in [2.75, 3.05) is 6.54 Å². The number of nitrogens with two attached hydrogens (primary N) is 1. The Bertz CT molecular complexity index is 383. The Kier molecular flexibility index (Phi) is 2.35. The van der Waals surface area contributed by atoms with Gasteiger partial charge in [0.25, 0.3) is 0 Å². The summed E-state index contributed by atoms with van der Waals surface area (Å²) < 4.78 is 1.88. The number of hydrogen-bond donors (Lipinski definition) is 2. The molecule has 0 aliphatic heterocycles. The third-order valence-electron chi connectivity index (χ3n) is 3.29. The Morgan fingerprint density at radius 3 is 2.80 bits per heavy atom. The number of aryl methyl sites for hydroxylation is 2. The zero-order valence-electron chi connectivity index (χ0n) is 9.62. The molecular formula is C11H19N3O. The molecule has 0 saturated heterocycles. The van der Waals surface area contributed by atoms with Crippen LogP contribution in [0.1, 0.15) is 43.1 Å². The second kappa shape index (κ2) is 3.32. The summed E-state index contributed by atoms with van der Waals surface area (Å²) in [5, 5.41) is 14.9. The number of fused-ring (bicyclic) bond motifs is 1. The smallest absolute Gasteiger partial charge is 0.106 e. The molecule has 0 radical (unpaired) electrons. The van der Waals surface area contributed by atoms with Crippen LogP contribution in [0.5, 0.6) is 0 Å². The maximum atomic E-state index is 10.4. The van der Waals surface area contributed by atoms with Gasteiger partial charge in [0.2, 0.25) is 0 Å². The van der Waals surface area contributed by atoms with E-state index in [-0.39, 0.29) is 6.54 Å². The Balaban J connectivity index is 2.59. The van der Waals surface area contributed by atoms with E-state index in [1.807, 2.05) is 11.7 Å². The molecule has 84 valence electrons. The van der Waals surface area contributed by atoms with E-state index >= 15 is 0 Å². The van der Waals surface area contributed by atoms with Crippen LogP contribution >= 0.6 is 0 Å². The van der Waals surface area contributed by atoms with Crippen LogP contribution in [-0.2, 0) is 19.1 Å². The van der Waals surface area contributed by atoms with Gasteiger partial charge in [-0.05, 0) is 18.8 Å². The second-order valence-corrected chi connectivity index (χ2v) is 4.72. The van der Waals surface area contributed by atoms with E-state index in [4.69, 9.17) is 5.73 Å². The molecule has 1 aromatic heterocycles. The quantitative estimate of drug-likeness (QED) is 0.751. The van der Waals surface area contributed by atoms with E-state index in [9.17, 15) is 5.11 Å². The van der Waals surface area contributed by atoms with E-state index < -0.39 is 5.60 Å². The number of hydrogen-bond acceptors (Lipinski definition) is 3. The van der Waals surface area contributed by atoms with Gasteiger partial charge in [0.1, 0.15) is 5.60 Å². The predicted molar refractivity (Wildman–Crippen MR) is 58.6 cm³/mol. The molecule has 0 saturated carbocycles. The Labute approximate surface area is 90.1 Å². The van der Waals surface area contributed by atoms with E-state index in [0.29, 0.717) is 12.3 Å². The summed E-state index contributed by atoms with van der Waals surface area (Å²) in [6.45, 7) is 4.52. The van der Waals surface area contributed by atoms with Gasteiger partial charge in [-0.1, -0.05) is 13.8 Å². The first-order chi connectivity index (χ1) is 6.99. The summed E-state index contributed by atoms with van der Waals surface area (Å²) in [5.74, 6) is 0.363. The number of rotatable bonds is 2. The predicted octanol–water partition coefficient (Wildman–Crippen LogP) is 0.636. The minimum absolute atomic E-state index is 0.283. The van der Waals surface area contributed by atoms with Gasteiger partial charge in [-0.15, -0.1) is 0 Å². The maximum absolute atomic E-state index is 10.4. The van der Waals surface area contributed by atoms with Gasteiger partial charge in [-0.2, -0.15) is 5.10 Å². The van der Waals surface area contributed by atoms with Gasteiger partial charge in [0.05, 0.1) is 5.69 Å². The third kappa shape index (κ3) is 1.40. The molecule has 4 heteroatoms. The summed E-state index contributed by atoms with van der Waals surface area (Å²) in [7, 11) is 1.94. The standard InChI is InChI=1S/C11H19N3O/c1-7(2)10-9-8(13-14(10)3)4-5-11(9,15)6-12/h7,15H,4-6,12H2,1-3H3. The zero-order valence-corrected chi connectivity index (χ0v) is 9.62. The van der Waals surface area contributed by atoms with Crippen LogP contribution in [0.4, 0.5) is 0 Å². The molecule has 1 heterocycles. The van der Waals surface area contributed by atoms with Crippen LogP contribution in [-0.4, -0.2) is 21.4 Å². The lowest BCUT2D eigenvalue weighted by Crippen LogP contribution is -2.33. The lowest BCUT2D eigenvalue weighted by molar-refractivity contribution is 0.0465. The average molecular weight is 209 g/mol. The van der Waals surface area contributed by atoms with Crippen LogP contribution in [0.3, 0.4) is 0 Å². The highest BCUT2D eigenvalue weighted by Gasteiger charge is 2.41. The van der Waals surface area contributed by atoms with Crippen LogP contribution in [0.15, 0.2) is 0 Å². The highest BCUT2D eigenvalue weighted by atomic mass is 16.3. The summed E-state index contributed by atoms with van der Waals surface area (Å²) in [6.07, 6.45) is 1.55. The van der Waals surface area contributed by atoms with Gasteiger partial charge in [-0.25, -0.2) is 0 Å². The number of aromatic nitrogens is 2. The van der Waals surface area contributed by atoms with Crippen molar-refractivity contribution in [1.82, 2.24) is 9.78 Å². The molecule has 1 aliphatic carbocycles. The molecule has 2 rings (SSSR count). The molecule has 1 atom stereocenters. The molecule has 1 aromatic rings. The summed E-state index contributed by atoms with van der Waals surface area (Å²) in [6, 6.07) is 0. The third-order valence-corrected chi connectivity index (χ3v) is 3.29. The number of aliphatic hydroxyl groups is 1. The number of nitrogens with zero attached hydrogens (tertiary/aromatic N) is 2. The minimum atomic E-state index is -0.844. The lowest BCUT2D eigenvalue weighted by atomic mass is 9.92. The van der Waals surface area contributed by atoms with E-state index in [1.165, 1.54) is 0 Å². The maximum Gasteiger partial charge on any atom is 0.106 e. The second-order valence-electron chi connectivity index (χ2n) is 4.72. The summed E-state index contributed by atoms with van der Waals surface area (Å²) in [5.41, 5.74) is 7.96. The fourth-order valence-corrected chi connectivity index (χ4v) is 2.59. The van der Waals surface area contributed by atoms with Crippen molar-refractivity contribution < 1.29 is 5.11 Å². The summed E-state index contributed by atoms with van der Waals surface area (Å²) in [4.78, 5) is 0. The first-order valence-electron chi connectivity index (χ1n) is 5.48. The fraction of sp³-hybridized carbons (Fsp3) is 0.727. The molecule has 0 aromatic carbocycles. The van der Waals surface area contributed by atoms with E-state index in [0.717, 1.165) is 23.4 Å². The monoisotopic (exact) mass is 209 g/mol. The fourth-order valence-electron chi connectivity index (χ4n) is 2.59. The van der Waals surface area contributed by atoms with Gasteiger partial charge >= 0.3 is 0 Å². The first-order valence-corrected chi connectivity index (χ1v) is 5.48. The minimum Gasteiger partial charge on any atom is -0.384 e. The largest absolute Gasteiger partial charge is 0.384 e. The van der Waals surface area contributed by atoms with Gasteiger partial charge in [-0.3, -0.25) is 4.68 Å². The van der Waals surface area contributed by atoms with E-state index in [2.05, 4.69) is 18.9 Å². The van der Waals surface area contributed by atoms with Crippen LogP contribution in [0.2, 0.25) is 0 Å². The van der Waals surface area contributed by atoms with Crippen molar-refractivity contribution in [3.05, 3.63) is 17.0 Å². The molecule has 0 fully saturated rings. The van der Waals surface area contributed by atoms with Crippen molar-refractivity contribution >= 4 is 0 Å². The lowest BCUT2D eigenvalue weighted by Gasteiger charge is -2.23. The molecule has 1 aliphatic rings. The Morgan fingerprint density at radius 1 is 1.60 bits per heavy atom. The van der Waals surface area contributed by atoms with Crippen molar-refractivity contribution in [2.45, 2.75) is 38.2 Å². The van der Waals surface area contributed by atoms with Crippen molar-refractivity contribution in [2.24, 2.45) is 12.8 Å². The van der Waals surface area contributed by atoms with Crippen LogP contribution in [0.25, 0.3) is 0 Å². The first kappa shape index (κ1) is 10.6. The highest BCUT2D eigenvalue weighted by Crippen LogP contribution is 2.40. The highest BCUT2D eigenvalue weighted by molar-refractivity contribution is 5.39. The van der Waals surface area contributed by atoms with E-state index in [1.54, 1.807) is 0 Å². The van der Waals surface area contributed by atoms with Crippen molar-refractivity contribution in [3.63, 3.8) is 0 Å². The molecule has 4 nitrogen and oxygen atoms in total.